The second-order valence-electron chi connectivity index (χ2n) is 4.46. The number of hydrogen-bond acceptors (Lipinski definition) is 2. The van der Waals surface area contributed by atoms with E-state index in [0.717, 1.165) is 19.6 Å². The highest BCUT2D eigenvalue weighted by atomic mass is 15.1. The van der Waals surface area contributed by atoms with E-state index in [1.54, 1.807) is 0 Å². The molecule has 0 radical (unpaired) electrons. The van der Waals surface area contributed by atoms with E-state index in [1.165, 1.54) is 25.7 Å². The Morgan fingerprint density at radius 1 is 1.20 bits per heavy atom. The van der Waals surface area contributed by atoms with Crippen LogP contribution < -0.4 is 5.32 Å². The normalized spacial score (nSPS) is 10.9. The molecule has 0 aliphatic heterocycles. The summed E-state index contributed by atoms with van der Waals surface area (Å²) in [5.41, 5.74) is 0. The highest BCUT2D eigenvalue weighted by Gasteiger charge is 1.96. The third-order valence-corrected chi connectivity index (χ3v) is 2.38. The molecule has 0 atom stereocenters. The van der Waals surface area contributed by atoms with Gasteiger partial charge in [-0.2, -0.15) is 0 Å². The average molecular weight is 210 g/mol. The van der Waals surface area contributed by atoms with Crippen LogP contribution in [0, 0.1) is 12.3 Å². The molecule has 0 bridgehead atoms. The molecular formula is C13H26N2. The fourth-order valence-electron chi connectivity index (χ4n) is 1.49. The van der Waals surface area contributed by atoms with Gasteiger partial charge in [0, 0.05) is 6.04 Å². The summed E-state index contributed by atoms with van der Waals surface area (Å²) in [6.45, 7) is 7.43. The number of rotatable bonds is 9. The summed E-state index contributed by atoms with van der Waals surface area (Å²) in [6, 6.07) is 0.617. The van der Waals surface area contributed by atoms with Crippen LogP contribution in [0.15, 0.2) is 0 Å². The first-order valence-corrected chi connectivity index (χ1v) is 6.02. The van der Waals surface area contributed by atoms with Crippen molar-refractivity contribution in [3.63, 3.8) is 0 Å². The van der Waals surface area contributed by atoms with Gasteiger partial charge in [-0.3, -0.25) is 4.90 Å². The van der Waals surface area contributed by atoms with Crippen LogP contribution >= 0.6 is 0 Å². The van der Waals surface area contributed by atoms with Crippen molar-refractivity contribution in [2.75, 3.05) is 26.7 Å². The monoisotopic (exact) mass is 210 g/mol. The molecule has 0 aromatic carbocycles. The van der Waals surface area contributed by atoms with E-state index in [9.17, 15) is 0 Å². The maximum atomic E-state index is 5.23. The van der Waals surface area contributed by atoms with Crippen LogP contribution in [0.25, 0.3) is 0 Å². The van der Waals surface area contributed by atoms with E-state index in [-0.39, 0.29) is 0 Å². The Labute approximate surface area is 95.4 Å². The standard InChI is InChI=1S/C13H26N2/c1-5-11-15(4)12-9-7-6-8-10-14-13(2)3/h1,13-14H,6-12H2,2-4H3. The fourth-order valence-corrected chi connectivity index (χ4v) is 1.49. The van der Waals surface area contributed by atoms with Gasteiger partial charge in [-0.05, 0) is 33.0 Å². The predicted octanol–water partition coefficient (Wildman–Crippen LogP) is 2.11. The molecule has 0 spiro atoms. The molecule has 0 amide bonds. The van der Waals surface area contributed by atoms with Crippen molar-refractivity contribution >= 4 is 0 Å². The summed E-state index contributed by atoms with van der Waals surface area (Å²) < 4.78 is 0. The third kappa shape index (κ3) is 11.4. The molecule has 0 rings (SSSR count). The van der Waals surface area contributed by atoms with Gasteiger partial charge in [0.1, 0.15) is 0 Å². The van der Waals surface area contributed by atoms with Gasteiger partial charge < -0.3 is 5.32 Å². The van der Waals surface area contributed by atoms with E-state index in [4.69, 9.17) is 6.42 Å². The molecule has 0 aliphatic rings. The molecule has 0 aliphatic carbocycles. The Morgan fingerprint density at radius 3 is 2.47 bits per heavy atom. The van der Waals surface area contributed by atoms with Crippen LogP contribution in [-0.2, 0) is 0 Å². The molecule has 88 valence electrons. The molecule has 0 saturated carbocycles. The molecule has 15 heavy (non-hydrogen) atoms. The smallest absolute Gasteiger partial charge is 0.0596 e. The molecule has 1 N–H and O–H groups in total. The molecule has 0 saturated heterocycles. The SMILES string of the molecule is C#CCN(C)CCCCCCNC(C)C. The zero-order chi connectivity index (χ0) is 11.5. The van der Waals surface area contributed by atoms with Crippen molar-refractivity contribution in [1.82, 2.24) is 10.2 Å². The molecular weight excluding hydrogens is 184 g/mol. The van der Waals surface area contributed by atoms with E-state index in [2.05, 4.69) is 37.0 Å². The molecule has 0 unspecified atom stereocenters. The lowest BCUT2D eigenvalue weighted by molar-refractivity contribution is 0.361. The lowest BCUT2D eigenvalue weighted by atomic mass is 10.2. The van der Waals surface area contributed by atoms with Crippen LogP contribution in [-0.4, -0.2) is 37.6 Å². The zero-order valence-corrected chi connectivity index (χ0v) is 10.6. The minimum Gasteiger partial charge on any atom is -0.315 e. The van der Waals surface area contributed by atoms with Crippen LogP contribution in [0.3, 0.4) is 0 Å². The highest BCUT2D eigenvalue weighted by Crippen LogP contribution is 2.00. The summed E-state index contributed by atoms with van der Waals surface area (Å²) in [7, 11) is 2.08. The van der Waals surface area contributed by atoms with E-state index in [0.29, 0.717) is 6.04 Å². The van der Waals surface area contributed by atoms with Crippen molar-refractivity contribution < 1.29 is 0 Å². The molecule has 0 heterocycles. The second kappa shape index (κ2) is 10.0. The summed E-state index contributed by atoms with van der Waals surface area (Å²) in [5.74, 6) is 2.66. The summed E-state index contributed by atoms with van der Waals surface area (Å²) in [5, 5.41) is 3.43. The topological polar surface area (TPSA) is 15.3 Å². The van der Waals surface area contributed by atoms with E-state index >= 15 is 0 Å². The molecule has 0 fully saturated rings. The van der Waals surface area contributed by atoms with Crippen molar-refractivity contribution in [2.24, 2.45) is 0 Å². The first-order valence-electron chi connectivity index (χ1n) is 6.02. The lowest BCUT2D eigenvalue weighted by Crippen LogP contribution is -2.23. The van der Waals surface area contributed by atoms with Gasteiger partial charge in [-0.1, -0.05) is 32.6 Å². The van der Waals surface area contributed by atoms with Gasteiger partial charge in [0.05, 0.1) is 6.54 Å². The molecule has 0 aromatic heterocycles. The minimum atomic E-state index is 0.617. The van der Waals surface area contributed by atoms with Crippen LogP contribution in [0.2, 0.25) is 0 Å². The number of unbranched alkanes of at least 4 members (excludes halogenated alkanes) is 3. The largest absolute Gasteiger partial charge is 0.315 e. The van der Waals surface area contributed by atoms with Crippen molar-refractivity contribution in [2.45, 2.75) is 45.6 Å². The third-order valence-electron chi connectivity index (χ3n) is 2.38. The Balaban J connectivity index is 3.08. The predicted molar refractivity (Wildman–Crippen MR) is 67.9 cm³/mol. The van der Waals surface area contributed by atoms with Crippen LogP contribution in [0.5, 0.6) is 0 Å². The first-order chi connectivity index (χ1) is 7.16. The quantitative estimate of drug-likeness (QED) is 0.463. The maximum Gasteiger partial charge on any atom is 0.0596 e. The average Bonchev–Trinajstić information content (AvgIpc) is 2.16. The van der Waals surface area contributed by atoms with Crippen molar-refractivity contribution in [1.29, 1.82) is 0 Å². The van der Waals surface area contributed by atoms with Gasteiger partial charge in [0.25, 0.3) is 0 Å². The minimum absolute atomic E-state index is 0.617. The number of terminal acetylenes is 1. The first kappa shape index (κ1) is 14.5. The van der Waals surface area contributed by atoms with Crippen LogP contribution in [0.1, 0.15) is 39.5 Å². The van der Waals surface area contributed by atoms with Crippen molar-refractivity contribution in [3.05, 3.63) is 0 Å². The van der Waals surface area contributed by atoms with Gasteiger partial charge >= 0.3 is 0 Å². The van der Waals surface area contributed by atoms with Gasteiger partial charge in [-0.15, -0.1) is 6.42 Å². The maximum absolute atomic E-state index is 5.23. The Bertz CT molecular complexity index is 170. The summed E-state index contributed by atoms with van der Waals surface area (Å²) in [6.07, 6.45) is 10.4. The van der Waals surface area contributed by atoms with Crippen molar-refractivity contribution in [3.8, 4) is 12.3 Å². The Kier molecular flexibility index (Phi) is 9.67. The Hall–Kier alpha value is -0.520. The zero-order valence-electron chi connectivity index (χ0n) is 10.6. The lowest BCUT2D eigenvalue weighted by Gasteiger charge is -2.12. The van der Waals surface area contributed by atoms with Crippen LogP contribution in [0.4, 0.5) is 0 Å². The molecule has 2 heteroatoms. The number of nitrogens with zero attached hydrogens (tertiary/aromatic N) is 1. The van der Waals surface area contributed by atoms with E-state index in [1.807, 2.05) is 0 Å². The van der Waals surface area contributed by atoms with Gasteiger partial charge in [-0.25, -0.2) is 0 Å². The summed E-state index contributed by atoms with van der Waals surface area (Å²) in [4.78, 5) is 2.20. The summed E-state index contributed by atoms with van der Waals surface area (Å²) >= 11 is 0. The van der Waals surface area contributed by atoms with Gasteiger partial charge in [0.15, 0.2) is 0 Å². The molecule has 2 nitrogen and oxygen atoms in total. The Morgan fingerprint density at radius 2 is 1.87 bits per heavy atom. The van der Waals surface area contributed by atoms with Gasteiger partial charge in [0.2, 0.25) is 0 Å². The second-order valence-corrected chi connectivity index (χ2v) is 4.46. The number of hydrogen-bond donors (Lipinski definition) is 1. The highest BCUT2D eigenvalue weighted by molar-refractivity contribution is 4.86. The molecule has 0 aromatic rings. The fraction of sp³-hybridized carbons (Fsp3) is 0.846. The van der Waals surface area contributed by atoms with E-state index < -0.39 is 0 Å². The number of nitrogens with one attached hydrogen (secondary N) is 1.